The molecule has 190 valence electrons. The van der Waals surface area contributed by atoms with Crippen LogP contribution in [0.25, 0.3) is 0 Å². The van der Waals surface area contributed by atoms with Crippen molar-refractivity contribution < 1.29 is 15.3 Å². The molecule has 4 saturated carbocycles. The summed E-state index contributed by atoms with van der Waals surface area (Å²) in [7, 11) is 0. The van der Waals surface area contributed by atoms with Crippen molar-refractivity contribution in [2.45, 2.75) is 130 Å². The molecule has 33 heavy (non-hydrogen) atoms. The van der Waals surface area contributed by atoms with Gasteiger partial charge in [0.1, 0.15) is 0 Å². The highest BCUT2D eigenvalue weighted by molar-refractivity contribution is 5.18. The van der Waals surface area contributed by atoms with E-state index in [1.54, 1.807) is 0 Å². The third kappa shape index (κ3) is 3.61. The van der Waals surface area contributed by atoms with Crippen molar-refractivity contribution in [3.63, 3.8) is 0 Å². The number of aliphatic hydroxyl groups is 3. The molecular formula is C30H52O3. The molecule has 0 spiro atoms. The second-order valence-electron chi connectivity index (χ2n) is 14.4. The van der Waals surface area contributed by atoms with Gasteiger partial charge in [-0.05, 0) is 123 Å². The van der Waals surface area contributed by atoms with E-state index in [0.717, 1.165) is 18.4 Å². The third-order valence-corrected chi connectivity index (χ3v) is 12.7. The number of hydrogen-bond acceptors (Lipinski definition) is 3. The monoisotopic (exact) mass is 460 g/mol. The largest absolute Gasteiger partial charge is 0.393 e. The van der Waals surface area contributed by atoms with E-state index in [4.69, 9.17) is 0 Å². The average molecular weight is 461 g/mol. The maximum atomic E-state index is 11.7. The highest BCUT2D eigenvalue weighted by Gasteiger charge is 2.69. The van der Waals surface area contributed by atoms with Crippen molar-refractivity contribution in [2.75, 3.05) is 0 Å². The van der Waals surface area contributed by atoms with Gasteiger partial charge in [-0.15, -0.1) is 0 Å². The van der Waals surface area contributed by atoms with Crippen molar-refractivity contribution in [3.05, 3.63) is 12.2 Å². The van der Waals surface area contributed by atoms with Crippen molar-refractivity contribution >= 4 is 0 Å². The zero-order valence-electron chi connectivity index (χ0n) is 22.6. The molecule has 0 aliphatic heterocycles. The van der Waals surface area contributed by atoms with Gasteiger partial charge in [0.25, 0.3) is 0 Å². The van der Waals surface area contributed by atoms with Crippen LogP contribution in [0.1, 0.15) is 113 Å². The Morgan fingerprint density at radius 3 is 2.21 bits per heavy atom. The molecule has 0 aromatic rings. The van der Waals surface area contributed by atoms with E-state index >= 15 is 0 Å². The molecule has 4 rings (SSSR count). The van der Waals surface area contributed by atoms with Crippen LogP contribution in [0.4, 0.5) is 0 Å². The van der Waals surface area contributed by atoms with Crippen LogP contribution in [0.5, 0.6) is 0 Å². The zero-order valence-corrected chi connectivity index (χ0v) is 22.6. The van der Waals surface area contributed by atoms with Crippen LogP contribution in [0, 0.1) is 45.3 Å². The number of hydrogen-bond donors (Lipinski definition) is 3. The standard InChI is InChI=1S/C30H52O3/c1-19(2)22(31)13-16-30(8,33)24-14-15-28(6)23-11-9-20-21(10-12-25(32)26(20,3)4)27(23,5)17-18-29(24,28)7/h20-25,31-33H,1,9-18H2,2-8H3. The summed E-state index contributed by atoms with van der Waals surface area (Å²) in [5, 5.41) is 32.8. The average Bonchev–Trinajstić information content (AvgIpc) is 3.01. The predicted octanol–water partition coefficient (Wildman–Crippen LogP) is 6.50. The lowest BCUT2D eigenvalue weighted by molar-refractivity contribution is -0.211. The first kappa shape index (κ1) is 25.7. The van der Waals surface area contributed by atoms with Gasteiger partial charge < -0.3 is 15.3 Å². The Kier molecular flexibility index (Phi) is 6.28. The maximum Gasteiger partial charge on any atom is 0.0745 e. The summed E-state index contributed by atoms with van der Waals surface area (Å²) in [6.45, 7) is 20.1. The minimum atomic E-state index is -0.759. The zero-order chi connectivity index (χ0) is 24.6. The minimum absolute atomic E-state index is 0.0184. The van der Waals surface area contributed by atoms with Gasteiger partial charge in [-0.1, -0.05) is 46.8 Å². The SMILES string of the molecule is C=C(C)C(O)CCC(C)(O)C1CCC2(C)C3CCC4C(CCC(O)C4(C)C)C3(C)CCC12C. The molecule has 0 bridgehead atoms. The lowest BCUT2D eigenvalue weighted by atomic mass is 9.37. The molecule has 10 atom stereocenters. The van der Waals surface area contributed by atoms with Gasteiger partial charge in [0.05, 0.1) is 17.8 Å². The van der Waals surface area contributed by atoms with Gasteiger partial charge in [0.2, 0.25) is 0 Å². The Labute approximate surface area is 203 Å². The summed E-state index contributed by atoms with van der Waals surface area (Å²) in [6, 6.07) is 0. The molecule has 4 aliphatic carbocycles. The first-order valence-electron chi connectivity index (χ1n) is 13.8. The van der Waals surface area contributed by atoms with Crippen LogP contribution >= 0.6 is 0 Å². The molecule has 0 radical (unpaired) electrons. The van der Waals surface area contributed by atoms with Gasteiger partial charge >= 0.3 is 0 Å². The molecule has 10 unspecified atom stereocenters. The van der Waals surface area contributed by atoms with E-state index in [0.29, 0.717) is 36.0 Å². The molecule has 0 amide bonds. The molecule has 0 aromatic heterocycles. The minimum Gasteiger partial charge on any atom is -0.393 e. The summed E-state index contributed by atoms with van der Waals surface area (Å²) in [6.07, 6.45) is 9.91. The maximum absolute atomic E-state index is 11.7. The summed E-state index contributed by atoms with van der Waals surface area (Å²) in [5.74, 6) is 2.30. The fourth-order valence-corrected chi connectivity index (χ4v) is 10.2. The van der Waals surface area contributed by atoms with E-state index in [1.165, 1.54) is 38.5 Å². The number of aliphatic hydroxyl groups excluding tert-OH is 2. The second-order valence-corrected chi connectivity index (χ2v) is 14.4. The van der Waals surface area contributed by atoms with Crippen LogP contribution in [0.2, 0.25) is 0 Å². The Morgan fingerprint density at radius 2 is 1.58 bits per heavy atom. The van der Waals surface area contributed by atoms with Crippen LogP contribution in [-0.2, 0) is 0 Å². The molecule has 0 saturated heterocycles. The predicted molar refractivity (Wildman–Crippen MR) is 136 cm³/mol. The Hall–Kier alpha value is -0.380. The first-order valence-corrected chi connectivity index (χ1v) is 13.8. The highest BCUT2D eigenvalue weighted by Crippen LogP contribution is 2.76. The van der Waals surface area contributed by atoms with Crippen LogP contribution in [0.15, 0.2) is 12.2 Å². The van der Waals surface area contributed by atoms with Crippen LogP contribution < -0.4 is 0 Å². The molecule has 3 nitrogen and oxygen atoms in total. The van der Waals surface area contributed by atoms with Crippen molar-refractivity contribution in [1.29, 1.82) is 0 Å². The van der Waals surface area contributed by atoms with Crippen molar-refractivity contribution in [2.24, 2.45) is 45.3 Å². The summed E-state index contributed by atoms with van der Waals surface area (Å²) in [5.41, 5.74) is 0.762. The Balaban J connectivity index is 1.60. The normalized spacial score (nSPS) is 49.3. The molecule has 3 N–H and O–H groups in total. The molecule has 0 heterocycles. The van der Waals surface area contributed by atoms with Crippen molar-refractivity contribution in [3.8, 4) is 0 Å². The molecule has 4 fully saturated rings. The smallest absolute Gasteiger partial charge is 0.0745 e. The van der Waals surface area contributed by atoms with Crippen LogP contribution in [-0.4, -0.2) is 33.1 Å². The number of rotatable bonds is 5. The third-order valence-electron chi connectivity index (χ3n) is 12.7. The molecular weight excluding hydrogens is 408 g/mol. The Bertz CT molecular complexity index is 771. The molecule has 4 aliphatic rings. The van der Waals surface area contributed by atoms with Crippen molar-refractivity contribution in [1.82, 2.24) is 0 Å². The van der Waals surface area contributed by atoms with Gasteiger partial charge in [0.15, 0.2) is 0 Å². The van der Waals surface area contributed by atoms with Gasteiger partial charge in [-0.2, -0.15) is 0 Å². The fourth-order valence-electron chi connectivity index (χ4n) is 10.2. The quantitative estimate of drug-likeness (QED) is 0.410. The number of fused-ring (bicyclic) bond motifs is 5. The lowest BCUT2D eigenvalue weighted by Crippen LogP contribution is -2.62. The summed E-state index contributed by atoms with van der Waals surface area (Å²) >= 11 is 0. The highest BCUT2D eigenvalue weighted by atomic mass is 16.3. The van der Waals surface area contributed by atoms with Crippen LogP contribution in [0.3, 0.4) is 0 Å². The molecule has 0 aromatic carbocycles. The summed E-state index contributed by atoms with van der Waals surface area (Å²) < 4.78 is 0. The van der Waals surface area contributed by atoms with E-state index in [1.807, 2.05) is 13.8 Å². The fraction of sp³-hybridized carbons (Fsp3) is 0.933. The van der Waals surface area contributed by atoms with E-state index in [9.17, 15) is 15.3 Å². The van der Waals surface area contributed by atoms with E-state index in [-0.39, 0.29) is 28.3 Å². The first-order chi connectivity index (χ1) is 15.1. The lowest BCUT2D eigenvalue weighted by Gasteiger charge is -2.68. The molecule has 3 heteroatoms. The van der Waals surface area contributed by atoms with E-state index < -0.39 is 11.7 Å². The van der Waals surface area contributed by atoms with Gasteiger partial charge in [0, 0.05) is 0 Å². The second kappa shape index (κ2) is 8.07. The van der Waals surface area contributed by atoms with E-state index in [2.05, 4.69) is 41.2 Å². The summed E-state index contributed by atoms with van der Waals surface area (Å²) in [4.78, 5) is 0. The topological polar surface area (TPSA) is 60.7 Å². The van der Waals surface area contributed by atoms with Gasteiger partial charge in [-0.25, -0.2) is 0 Å². The Morgan fingerprint density at radius 1 is 0.939 bits per heavy atom. The van der Waals surface area contributed by atoms with Gasteiger partial charge in [-0.3, -0.25) is 0 Å².